The Labute approximate surface area is 176 Å². The highest BCUT2D eigenvalue weighted by atomic mass is 35.5. The van der Waals surface area contributed by atoms with Crippen molar-refractivity contribution in [1.82, 2.24) is 10.2 Å². The van der Waals surface area contributed by atoms with Crippen molar-refractivity contribution in [3.8, 4) is 10.4 Å². The number of hydrogen-bond acceptors (Lipinski definition) is 3. The lowest BCUT2D eigenvalue weighted by atomic mass is 9.91. The SMILES string of the molecule is CC(C)N(Cc1ccc(-c2cccc(F)c2)s1)C(=O)C1CC12CCNCC2.Cl. The fraction of sp³-hybridized carbons (Fsp3) is 0.500. The molecule has 2 aromatic rings. The number of nitrogens with zero attached hydrogens (tertiary/aromatic N) is 1. The third-order valence-corrected chi connectivity index (χ3v) is 7.21. The number of carbonyl (C=O) groups excluding carboxylic acids is 1. The quantitative estimate of drug-likeness (QED) is 0.726. The van der Waals surface area contributed by atoms with E-state index in [1.807, 2.05) is 17.0 Å². The summed E-state index contributed by atoms with van der Waals surface area (Å²) in [6.45, 7) is 6.90. The van der Waals surface area contributed by atoms with E-state index in [0.29, 0.717) is 12.5 Å². The van der Waals surface area contributed by atoms with Crippen molar-refractivity contribution < 1.29 is 9.18 Å². The average Bonchev–Trinajstić information content (AvgIpc) is 3.13. The fourth-order valence-electron chi connectivity index (χ4n) is 4.32. The zero-order valence-corrected chi connectivity index (χ0v) is 18.0. The smallest absolute Gasteiger partial charge is 0.226 e. The van der Waals surface area contributed by atoms with Gasteiger partial charge in [-0.1, -0.05) is 12.1 Å². The Hall–Kier alpha value is -1.43. The Kier molecular flexibility index (Phi) is 6.47. The van der Waals surface area contributed by atoms with E-state index in [1.165, 1.54) is 6.07 Å². The standard InChI is InChI=1S/C22H27FN2OS.ClH/c1-15(2)25(21(26)19-13-22(19)8-10-24-11-9-22)14-18-6-7-20(27-18)16-4-3-5-17(23)12-16;/h3-7,12,15,19,24H,8-11,13-14H2,1-2H3;1H. The lowest BCUT2D eigenvalue weighted by molar-refractivity contribution is -0.136. The summed E-state index contributed by atoms with van der Waals surface area (Å²) in [6, 6.07) is 11.0. The first-order chi connectivity index (χ1) is 13.0. The van der Waals surface area contributed by atoms with E-state index >= 15 is 0 Å². The minimum absolute atomic E-state index is 0. The minimum atomic E-state index is -0.220. The second-order valence-corrected chi connectivity index (χ2v) is 9.37. The van der Waals surface area contributed by atoms with Crippen LogP contribution in [-0.2, 0) is 11.3 Å². The fourth-order valence-corrected chi connectivity index (χ4v) is 5.32. The summed E-state index contributed by atoms with van der Waals surface area (Å²) in [5.74, 6) is 0.291. The molecular weight excluding hydrogens is 395 g/mol. The van der Waals surface area contributed by atoms with Crippen molar-refractivity contribution in [3.63, 3.8) is 0 Å². The summed E-state index contributed by atoms with van der Waals surface area (Å²) in [6.07, 6.45) is 3.30. The molecule has 1 aromatic heterocycles. The molecule has 6 heteroatoms. The molecule has 2 aliphatic rings. The molecule has 1 atom stereocenters. The van der Waals surface area contributed by atoms with Crippen molar-refractivity contribution in [1.29, 1.82) is 0 Å². The van der Waals surface area contributed by atoms with Crippen LogP contribution in [-0.4, -0.2) is 29.9 Å². The molecule has 152 valence electrons. The molecule has 1 aliphatic carbocycles. The third-order valence-electron chi connectivity index (χ3n) is 6.09. The Balaban J connectivity index is 0.00000225. The molecule has 1 saturated heterocycles. The van der Waals surface area contributed by atoms with Gasteiger partial charge in [0.05, 0.1) is 6.54 Å². The van der Waals surface area contributed by atoms with Crippen LogP contribution in [0.3, 0.4) is 0 Å². The van der Waals surface area contributed by atoms with E-state index in [-0.39, 0.29) is 35.6 Å². The van der Waals surface area contributed by atoms with Crippen molar-refractivity contribution in [2.24, 2.45) is 11.3 Å². The van der Waals surface area contributed by atoms with Gasteiger partial charge < -0.3 is 10.2 Å². The number of rotatable bonds is 5. The number of nitrogens with one attached hydrogen (secondary N) is 1. The highest BCUT2D eigenvalue weighted by Gasteiger charge is 2.58. The van der Waals surface area contributed by atoms with Crippen LogP contribution in [0.1, 0.15) is 38.0 Å². The van der Waals surface area contributed by atoms with Crippen LogP contribution in [0.4, 0.5) is 4.39 Å². The number of amides is 1. The predicted molar refractivity (Wildman–Crippen MR) is 115 cm³/mol. The number of benzene rings is 1. The first kappa shape index (κ1) is 21.3. The number of piperidine rings is 1. The molecule has 1 amide bonds. The topological polar surface area (TPSA) is 32.3 Å². The van der Waals surface area contributed by atoms with E-state index < -0.39 is 0 Å². The lowest BCUT2D eigenvalue weighted by Crippen LogP contribution is -2.39. The van der Waals surface area contributed by atoms with Gasteiger partial charge in [-0.2, -0.15) is 0 Å². The van der Waals surface area contributed by atoms with E-state index in [4.69, 9.17) is 0 Å². The molecule has 1 N–H and O–H groups in total. The lowest BCUT2D eigenvalue weighted by Gasteiger charge is -2.29. The van der Waals surface area contributed by atoms with Gasteiger partial charge in [0.2, 0.25) is 5.91 Å². The molecule has 1 aliphatic heterocycles. The largest absolute Gasteiger partial charge is 0.335 e. The van der Waals surface area contributed by atoms with Gasteiger partial charge >= 0.3 is 0 Å². The highest BCUT2D eigenvalue weighted by Crippen LogP contribution is 2.59. The number of thiophene rings is 1. The van der Waals surface area contributed by atoms with Crippen LogP contribution in [0.2, 0.25) is 0 Å². The van der Waals surface area contributed by atoms with Gasteiger partial charge in [0.15, 0.2) is 0 Å². The molecule has 1 spiro atoms. The molecule has 28 heavy (non-hydrogen) atoms. The third kappa shape index (κ3) is 4.27. The zero-order chi connectivity index (χ0) is 19.0. The number of carbonyl (C=O) groups is 1. The maximum absolute atomic E-state index is 13.5. The molecule has 3 nitrogen and oxygen atoms in total. The molecule has 1 aromatic carbocycles. The van der Waals surface area contributed by atoms with Crippen LogP contribution in [0.5, 0.6) is 0 Å². The average molecular weight is 423 g/mol. The Morgan fingerprint density at radius 3 is 2.71 bits per heavy atom. The summed E-state index contributed by atoms with van der Waals surface area (Å²) in [4.78, 5) is 17.4. The molecule has 2 fully saturated rings. The van der Waals surface area contributed by atoms with Crippen LogP contribution in [0, 0.1) is 17.2 Å². The van der Waals surface area contributed by atoms with Crippen molar-refractivity contribution in [2.75, 3.05) is 13.1 Å². The molecule has 0 bridgehead atoms. The normalized spacial score (nSPS) is 20.1. The summed E-state index contributed by atoms with van der Waals surface area (Å²) in [5.41, 5.74) is 1.15. The van der Waals surface area contributed by atoms with Gasteiger partial charge in [0.25, 0.3) is 0 Å². The molecule has 4 rings (SSSR count). The maximum atomic E-state index is 13.5. The molecular formula is C22H28ClFN2OS. The maximum Gasteiger partial charge on any atom is 0.226 e. The summed E-state index contributed by atoms with van der Waals surface area (Å²) in [7, 11) is 0. The van der Waals surface area contributed by atoms with Gasteiger partial charge in [0, 0.05) is 21.7 Å². The van der Waals surface area contributed by atoms with Crippen LogP contribution >= 0.6 is 23.7 Å². The second-order valence-electron chi connectivity index (χ2n) is 8.21. The van der Waals surface area contributed by atoms with E-state index in [2.05, 4.69) is 25.2 Å². The van der Waals surface area contributed by atoms with E-state index in [9.17, 15) is 9.18 Å². The van der Waals surface area contributed by atoms with Gasteiger partial charge in [-0.15, -0.1) is 23.7 Å². The number of hydrogen-bond donors (Lipinski definition) is 1. The van der Waals surface area contributed by atoms with Crippen LogP contribution < -0.4 is 5.32 Å². The van der Waals surface area contributed by atoms with Crippen molar-refractivity contribution in [3.05, 3.63) is 47.1 Å². The van der Waals surface area contributed by atoms with E-state index in [1.54, 1.807) is 23.5 Å². The van der Waals surface area contributed by atoms with Crippen LogP contribution in [0.15, 0.2) is 36.4 Å². The Bertz CT molecular complexity index is 831. The van der Waals surface area contributed by atoms with Gasteiger partial charge in [-0.05, 0) is 81.4 Å². The second kappa shape index (κ2) is 8.52. The molecule has 2 heterocycles. The van der Waals surface area contributed by atoms with E-state index in [0.717, 1.165) is 47.7 Å². The predicted octanol–water partition coefficient (Wildman–Crippen LogP) is 5.10. The molecule has 0 radical (unpaired) electrons. The number of halogens is 2. The Morgan fingerprint density at radius 1 is 1.29 bits per heavy atom. The molecule has 1 unspecified atom stereocenters. The van der Waals surface area contributed by atoms with Crippen molar-refractivity contribution in [2.45, 2.75) is 45.7 Å². The summed E-state index contributed by atoms with van der Waals surface area (Å²) >= 11 is 1.65. The molecule has 1 saturated carbocycles. The van der Waals surface area contributed by atoms with Gasteiger partial charge in [-0.25, -0.2) is 4.39 Å². The Morgan fingerprint density at radius 2 is 2.04 bits per heavy atom. The van der Waals surface area contributed by atoms with Gasteiger partial charge in [0.1, 0.15) is 5.82 Å². The zero-order valence-electron chi connectivity index (χ0n) is 16.4. The minimum Gasteiger partial charge on any atom is -0.335 e. The van der Waals surface area contributed by atoms with Gasteiger partial charge in [-0.3, -0.25) is 4.79 Å². The summed E-state index contributed by atoms with van der Waals surface area (Å²) < 4.78 is 13.5. The summed E-state index contributed by atoms with van der Waals surface area (Å²) in [5, 5.41) is 3.40. The van der Waals surface area contributed by atoms with Crippen molar-refractivity contribution >= 4 is 29.7 Å². The van der Waals surface area contributed by atoms with Crippen LogP contribution in [0.25, 0.3) is 10.4 Å². The monoisotopic (exact) mass is 422 g/mol. The first-order valence-corrected chi connectivity index (χ1v) is 10.7. The highest BCUT2D eigenvalue weighted by molar-refractivity contribution is 7.15. The first-order valence-electron chi connectivity index (χ1n) is 9.84.